The second-order valence-electron chi connectivity index (χ2n) is 9.28. The van der Waals surface area contributed by atoms with Gasteiger partial charge in [0.25, 0.3) is 5.91 Å². The Kier molecular flexibility index (Phi) is 6.78. The van der Waals surface area contributed by atoms with Crippen LogP contribution in [0.2, 0.25) is 0 Å². The number of rotatable bonds is 6. The Hall–Kier alpha value is -4.00. The molecule has 0 spiro atoms. The minimum atomic E-state index is -4.53. The number of amides is 1. The van der Waals surface area contributed by atoms with Crippen molar-refractivity contribution >= 4 is 28.2 Å². The Labute approximate surface area is 214 Å². The van der Waals surface area contributed by atoms with Crippen molar-refractivity contribution in [3.05, 3.63) is 54.2 Å². The van der Waals surface area contributed by atoms with Crippen LogP contribution in [0.1, 0.15) is 22.7 Å². The summed E-state index contributed by atoms with van der Waals surface area (Å²) in [5.74, 6) is -0.406. The Morgan fingerprint density at radius 3 is 2.79 bits per heavy atom. The molecule has 5 rings (SSSR count). The van der Waals surface area contributed by atoms with Gasteiger partial charge in [-0.15, -0.1) is 0 Å². The summed E-state index contributed by atoms with van der Waals surface area (Å²) in [5, 5.41) is 6.92. The van der Waals surface area contributed by atoms with Gasteiger partial charge < -0.3 is 23.9 Å². The van der Waals surface area contributed by atoms with Crippen molar-refractivity contribution in [1.82, 2.24) is 29.5 Å². The number of aromatic nitrogens is 4. The Balaban J connectivity index is 1.47. The van der Waals surface area contributed by atoms with Gasteiger partial charge in [0, 0.05) is 44.3 Å². The first-order valence-corrected chi connectivity index (χ1v) is 11.9. The van der Waals surface area contributed by atoms with Crippen LogP contribution in [0.3, 0.4) is 0 Å². The standard InChI is InChI=1S/C25H25F4N7O2/c1-34-8-6-15(12-34)24(37)30-11-22-32-23(33-38-22)21-10-16-18(31-19-7-9-35(2)13-17(19)26)4-3-5-20(16)36(21)14-25(27,28)29/h3-6,8,10,12,17H,7,9,11,13-14H2,1-2H3,(H,30,37)/t17-/m0/s1. The van der Waals surface area contributed by atoms with E-state index < -0.39 is 18.9 Å². The molecule has 1 atom stereocenters. The van der Waals surface area contributed by atoms with E-state index in [4.69, 9.17) is 4.52 Å². The molecule has 1 N–H and O–H groups in total. The van der Waals surface area contributed by atoms with Crippen LogP contribution >= 0.6 is 0 Å². The molecular weight excluding hydrogens is 506 g/mol. The van der Waals surface area contributed by atoms with Crippen LogP contribution in [0.25, 0.3) is 22.4 Å². The highest BCUT2D eigenvalue weighted by Crippen LogP contribution is 2.35. The predicted molar refractivity (Wildman–Crippen MR) is 132 cm³/mol. The number of likely N-dealkylation sites (tertiary alicyclic amines) is 1. The normalized spacial score (nSPS) is 17.9. The summed E-state index contributed by atoms with van der Waals surface area (Å²) in [7, 11) is 3.60. The molecule has 4 aromatic rings. The van der Waals surface area contributed by atoms with Gasteiger partial charge >= 0.3 is 6.18 Å². The highest BCUT2D eigenvalue weighted by molar-refractivity contribution is 5.99. The van der Waals surface area contributed by atoms with Crippen LogP contribution in [-0.2, 0) is 20.1 Å². The van der Waals surface area contributed by atoms with Gasteiger partial charge in [-0.1, -0.05) is 11.2 Å². The molecule has 0 radical (unpaired) electrons. The van der Waals surface area contributed by atoms with Crippen LogP contribution in [0.15, 0.2) is 52.2 Å². The van der Waals surface area contributed by atoms with Gasteiger partial charge in [-0.25, -0.2) is 4.39 Å². The quantitative estimate of drug-likeness (QED) is 0.375. The fourth-order valence-corrected chi connectivity index (χ4v) is 4.44. The Morgan fingerprint density at radius 2 is 2.08 bits per heavy atom. The highest BCUT2D eigenvalue weighted by Gasteiger charge is 2.31. The number of hydrogen-bond donors (Lipinski definition) is 1. The Bertz CT molecular complexity index is 1500. The van der Waals surface area contributed by atoms with Crippen LogP contribution in [0, 0.1) is 0 Å². The first-order chi connectivity index (χ1) is 18.1. The minimum Gasteiger partial charge on any atom is -0.356 e. The number of halogens is 4. The Morgan fingerprint density at radius 1 is 1.26 bits per heavy atom. The van der Waals surface area contributed by atoms with Crippen molar-refractivity contribution in [3.8, 4) is 11.5 Å². The molecule has 3 aromatic heterocycles. The summed E-state index contributed by atoms with van der Waals surface area (Å²) in [4.78, 5) is 22.9. The summed E-state index contributed by atoms with van der Waals surface area (Å²) in [6, 6.07) is 7.91. The molecule has 0 unspecified atom stereocenters. The summed E-state index contributed by atoms with van der Waals surface area (Å²) >= 11 is 0. The van der Waals surface area contributed by atoms with Gasteiger partial charge in [0.1, 0.15) is 6.54 Å². The third-order valence-corrected chi connectivity index (χ3v) is 6.30. The van der Waals surface area contributed by atoms with Crippen molar-refractivity contribution in [1.29, 1.82) is 0 Å². The van der Waals surface area contributed by atoms with Crippen molar-refractivity contribution in [2.24, 2.45) is 12.0 Å². The van der Waals surface area contributed by atoms with Crippen LogP contribution in [0.4, 0.5) is 23.2 Å². The number of aryl methyl sites for hydroxylation is 1. The van der Waals surface area contributed by atoms with E-state index >= 15 is 0 Å². The van der Waals surface area contributed by atoms with Gasteiger partial charge in [-0.2, -0.15) is 18.2 Å². The summed E-state index contributed by atoms with van der Waals surface area (Å²) < 4.78 is 63.3. The third-order valence-electron chi connectivity index (χ3n) is 6.30. The van der Waals surface area contributed by atoms with E-state index in [1.165, 1.54) is 12.1 Å². The lowest BCUT2D eigenvalue weighted by atomic mass is 10.1. The van der Waals surface area contributed by atoms with Crippen LogP contribution in [0.5, 0.6) is 0 Å². The highest BCUT2D eigenvalue weighted by atomic mass is 19.4. The van der Waals surface area contributed by atoms with E-state index in [1.54, 1.807) is 42.2 Å². The number of piperidine rings is 1. The van der Waals surface area contributed by atoms with E-state index in [-0.39, 0.29) is 41.9 Å². The van der Waals surface area contributed by atoms with Gasteiger partial charge in [0.2, 0.25) is 11.7 Å². The van der Waals surface area contributed by atoms with Crippen molar-refractivity contribution < 1.29 is 26.9 Å². The third kappa shape index (κ3) is 5.47. The lowest BCUT2D eigenvalue weighted by molar-refractivity contribution is -0.139. The number of nitrogens with one attached hydrogen (secondary N) is 1. The van der Waals surface area contributed by atoms with E-state index in [2.05, 4.69) is 20.4 Å². The number of carbonyl (C=O) groups excluding carboxylic acids is 1. The number of benzene rings is 1. The van der Waals surface area contributed by atoms with Crippen molar-refractivity contribution in [2.45, 2.75) is 31.9 Å². The molecule has 1 fully saturated rings. The summed E-state index contributed by atoms with van der Waals surface area (Å²) in [6.07, 6.45) is -2.00. The monoisotopic (exact) mass is 531 g/mol. The zero-order valence-corrected chi connectivity index (χ0v) is 20.7. The van der Waals surface area contributed by atoms with E-state index in [0.29, 0.717) is 35.3 Å². The molecular formula is C25H25F4N7O2. The molecule has 1 amide bonds. The van der Waals surface area contributed by atoms with Crippen molar-refractivity contribution in [2.75, 3.05) is 20.1 Å². The average Bonchev–Trinajstić information content (AvgIpc) is 3.58. The summed E-state index contributed by atoms with van der Waals surface area (Å²) in [5.41, 5.74) is 1.48. The lowest BCUT2D eigenvalue weighted by Crippen LogP contribution is -2.39. The van der Waals surface area contributed by atoms with Crippen molar-refractivity contribution in [3.63, 3.8) is 0 Å². The maximum atomic E-state index is 14.6. The first-order valence-electron chi connectivity index (χ1n) is 11.9. The molecule has 200 valence electrons. The lowest BCUT2D eigenvalue weighted by Gasteiger charge is -2.26. The smallest absolute Gasteiger partial charge is 0.356 e. The summed E-state index contributed by atoms with van der Waals surface area (Å²) in [6.45, 7) is -0.550. The van der Waals surface area contributed by atoms with Gasteiger partial charge in [-0.3, -0.25) is 9.79 Å². The van der Waals surface area contributed by atoms with E-state index in [9.17, 15) is 22.4 Å². The number of carbonyl (C=O) groups is 1. The SMILES string of the molecule is CN1CCC(=Nc2cccc3c2cc(-c2noc(CNC(=O)c4ccn(C)c4)n2)n3CC(F)(F)F)[C@@H](F)C1. The molecule has 0 saturated carbocycles. The van der Waals surface area contributed by atoms with Gasteiger partial charge in [-0.05, 0) is 31.3 Å². The largest absolute Gasteiger partial charge is 0.406 e. The first kappa shape index (κ1) is 25.6. The number of fused-ring (bicyclic) bond motifs is 1. The molecule has 1 aromatic carbocycles. The van der Waals surface area contributed by atoms with Crippen LogP contribution in [-0.4, -0.2) is 68.3 Å². The van der Waals surface area contributed by atoms with Crippen LogP contribution < -0.4 is 5.32 Å². The topological polar surface area (TPSA) is 93.5 Å². The molecule has 0 bridgehead atoms. The minimum absolute atomic E-state index is 0.0279. The maximum Gasteiger partial charge on any atom is 0.406 e. The molecule has 0 aliphatic carbocycles. The van der Waals surface area contributed by atoms with E-state index in [1.807, 2.05) is 11.9 Å². The molecule has 1 aliphatic heterocycles. The molecule has 1 saturated heterocycles. The number of hydrogen-bond acceptors (Lipinski definition) is 6. The molecule has 38 heavy (non-hydrogen) atoms. The van der Waals surface area contributed by atoms with E-state index in [0.717, 1.165) is 4.57 Å². The zero-order valence-electron chi connectivity index (χ0n) is 20.7. The zero-order chi connectivity index (χ0) is 27.0. The molecule has 1 aliphatic rings. The fraction of sp³-hybridized carbons (Fsp3) is 0.360. The van der Waals surface area contributed by atoms with Gasteiger partial charge in [0.05, 0.1) is 34.7 Å². The maximum absolute atomic E-state index is 14.6. The predicted octanol–water partition coefficient (Wildman–Crippen LogP) is 4.27. The molecule has 9 nitrogen and oxygen atoms in total. The fourth-order valence-electron chi connectivity index (χ4n) is 4.44. The average molecular weight is 532 g/mol. The molecule has 13 heteroatoms. The second kappa shape index (κ2) is 10.0. The number of alkyl halides is 4. The second-order valence-corrected chi connectivity index (χ2v) is 9.28. The number of aliphatic imine (C=N–C) groups is 1. The number of nitrogens with zero attached hydrogens (tertiary/aromatic N) is 6. The molecule has 4 heterocycles. The van der Waals surface area contributed by atoms with Gasteiger partial charge in [0.15, 0.2) is 6.17 Å².